The third-order valence-corrected chi connectivity index (χ3v) is 4.04. The van der Waals surface area contributed by atoms with E-state index in [0.717, 1.165) is 50.1 Å². The van der Waals surface area contributed by atoms with E-state index >= 15 is 0 Å². The number of nitrogens with one attached hydrogen (secondary N) is 1. The van der Waals surface area contributed by atoms with E-state index in [2.05, 4.69) is 10.2 Å². The number of methoxy groups -OCH3 is 1. The van der Waals surface area contributed by atoms with Crippen LogP contribution in [0.15, 0.2) is 0 Å². The minimum Gasteiger partial charge on any atom is -0.380 e. The number of anilines is 1. The molecular formula is C12H21N3O2S. The van der Waals surface area contributed by atoms with Crippen LogP contribution in [0.4, 0.5) is 5.13 Å². The maximum atomic E-state index is 5.48. The Morgan fingerprint density at radius 1 is 1.44 bits per heavy atom. The Labute approximate surface area is 112 Å². The lowest BCUT2D eigenvalue weighted by Crippen LogP contribution is -2.25. The highest BCUT2D eigenvalue weighted by Crippen LogP contribution is 2.27. The zero-order valence-corrected chi connectivity index (χ0v) is 11.9. The van der Waals surface area contributed by atoms with Gasteiger partial charge in [-0.3, -0.25) is 0 Å². The first kappa shape index (κ1) is 13.7. The molecule has 0 unspecified atom stereocenters. The highest BCUT2D eigenvalue weighted by molar-refractivity contribution is 7.15. The van der Waals surface area contributed by atoms with Crippen molar-refractivity contribution in [1.29, 1.82) is 0 Å². The van der Waals surface area contributed by atoms with Gasteiger partial charge in [0.2, 0.25) is 0 Å². The predicted molar refractivity (Wildman–Crippen MR) is 73.2 cm³/mol. The van der Waals surface area contributed by atoms with Crippen molar-refractivity contribution in [2.45, 2.75) is 19.6 Å². The molecule has 0 radical (unpaired) electrons. The molecule has 0 spiro atoms. The van der Waals surface area contributed by atoms with Crippen LogP contribution in [0.1, 0.15) is 17.0 Å². The fourth-order valence-corrected chi connectivity index (χ4v) is 3.12. The Morgan fingerprint density at radius 2 is 2.33 bits per heavy atom. The first-order valence-electron chi connectivity index (χ1n) is 6.30. The average Bonchev–Trinajstić information content (AvgIpc) is 2.62. The van der Waals surface area contributed by atoms with E-state index in [4.69, 9.17) is 14.5 Å². The highest BCUT2D eigenvalue weighted by atomic mass is 32.1. The molecule has 1 aromatic heterocycles. The largest absolute Gasteiger partial charge is 0.380 e. The van der Waals surface area contributed by atoms with E-state index in [-0.39, 0.29) is 0 Å². The summed E-state index contributed by atoms with van der Waals surface area (Å²) >= 11 is 1.76. The van der Waals surface area contributed by atoms with Crippen molar-refractivity contribution in [3.8, 4) is 0 Å². The molecule has 1 aromatic rings. The Bertz CT molecular complexity index is 339. The number of hydrogen-bond donors (Lipinski definition) is 1. The van der Waals surface area contributed by atoms with Crippen LogP contribution < -0.4 is 10.2 Å². The SMILES string of the molecule is CNCc1sc(N2CCCOCC2)nc1COC. The lowest BCUT2D eigenvalue weighted by molar-refractivity contribution is 0.152. The number of rotatable bonds is 5. The molecule has 0 bridgehead atoms. The van der Waals surface area contributed by atoms with Gasteiger partial charge in [-0.25, -0.2) is 4.98 Å². The molecule has 1 fully saturated rings. The van der Waals surface area contributed by atoms with E-state index in [0.29, 0.717) is 6.61 Å². The molecule has 102 valence electrons. The Balaban J connectivity index is 2.13. The minimum atomic E-state index is 0.581. The summed E-state index contributed by atoms with van der Waals surface area (Å²) in [6.45, 7) is 5.03. The van der Waals surface area contributed by atoms with Crippen molar-refractivity contribution in [1.82, 2.24) is 10.3 Å². The zero-order valence-electron chi connectivity index (χ0n) is 11.1. The quantitative estimate of drug-likeness (QED) is 0.873. The van der Waals surface area contributed by atoms with Gasteiger partial charge in [0, 0.05) is 38.2 Å². The van der Waals surface area contributed by atoms with Gasteiger partial charge in [0.15, 0.2) is 5.13 Å². The van der Waals surface area contributed by atoms with E-state index in [1.54, 1.807) is 18.4 Å². The summed E-state index contributed by atoms with van der Waals surface area (Å²) in [6, 6.07) is 0. The van der Waals surface area contributed by atoms with E-state index in [9.17, 15) is 0 Å². The second kappa shape index (κ2) is 7.04. The van der Waals surface area contributed by atoms with Crippen LogP contribution in [0.3, 0.4) is 0 Å². The fourth-order valence-electron chi connectivity index (χ4n) is 1.99. The maximum Gasteiger partial charge on any atom is 0.185 e. The van der Waals surface area contributed by atoms with Crippen LogP contribution in [-0.2, 0) is 22.6 Å². The number of ether oxygens (including phenoxy) is 2. The molecule has 1 aliphatic heterocycles. The normalized spacial score (nSPS) is 16.9. The van der Waals surface area contributed by atoms with Gasteiger partial charge >= 0.3 is 0 Å². The number of nitrogens with zero attached hydrogens (tertiary/aromatic N) is 2. The van der Waals surface area contributed by atoms with Gasteiger partial charge in [-0.2, -0.15) is 0 Å². The Hall–Kier alpha value is -0.690. The predicted octanol–water partition coefficient (Wildman–Crippen LogP) is 1.24. The number of hydrogen-bond acceptors (Lipinski definition) is 6. The van der Waals surface area contributed by atoms with Crippen LogP contribution in [0, 0.1) is 0 Å². The van der Waals surface area contributed by atoms with Crippen LogP contribution >= 0.6 is 11.3 Å². The molecule has 18 heavy (non-hydrogen) atoms. The lowest BCUT2D eigenvalue weighted by atomic mass is 10.4. The third-order valence-electron chi connectivity index (χ3n) is 2.88. The minimum absolute atomic E-state index is 0.581. The summed E-state index contributed by atoms with van der Waals surface area (Å²) in [6.07, 6.45) is 1.07. The Kier molecular flexibility index (Phi) is 5.37. The molecule has 0 atom stereocenters. The number of aromatic nitrogens is 1. The van der Waals surface area contributed by atoms with Crippen LogP contribution in [-0.4, -0.2) is 45.4 Å². The van der Waals surface area contributed by atoms with Gasteiger partial charge in [-0.15, -0.1) is 11.3 Å². The van der Waals surface area contributed by atoms with E-state index in [1.165, 1.54) is 4.88 Å². The molecule has 2 rings (SSSR count). The molecule has 2 heterocycles. The number of thiazole rings is 1. The van der Waals surface area contributed by atoms with Gasteiger partial charge in [-0.05, 0) is 13.5 Å². The molecule has 0 aromatic carbocycles. The molecular weight excluding hydrogens is 250 g/mol. The summed E-state index contributed by atoms with van der Waals surface area (Å²) in [5, 5.41) is 4.28. The maximum absolute atomic E-state index is 5.48. The van der Waals surface area contributed by atoms with Crippen LogP contribution in [0.2, 0.25) is 0 Å². The standard InChI is InChI=1S/C12H21N3O2S/c1-13-8-11-10(9-16-2)14-12(18-11)15-4-3-6-17-7-5-15/h13H,3-9H2,1-2H3. The van der Waals surface area contributed by atoms with Crippen molar-refractivity contribution in [3.05, 3.63) is 10.6 Å². The van der Waals surface area contributed by atoms with Crippen LogP contribution in [0.5, 0.6) is 0 Å². The second-order valence-electron chi connectivity index (χ2n) is 4.28. The van der Waals surface area contributed by atoms with E-state index < -0.39 is 0 Å². The van der Waals surface area contributed by atoms with Crippen molar-refractivity contribution >= 4 is 16.5 Å². The average molecular weight is 271 g/mol. The lowest BCUT2D eigenvalue weighted by Gasteiger charge is -2.17. The van der Waals surface area contributed by atoms with Gasteiger partial charge < -0.3 is 19.7 Å². The molecule has 1 saturated heterocycles. The molecule has 6 heteroatoms. The zero-order chi connectivity index (χ0) is 12.8. The monoisotopic (exact) mass is 271 g/mol. The topological polar surface area (TPSA) is 46.6 Å². The fraction of sp³-hybridized carbons (Fsp3) is 0.750. The third kappa shape index (κ3) is 3.41. The molecule has 0 saturated carbocycles. The van der Waals surface area contributed by atoms with Gasteiger partial charge in [0.05, 0.1) is 18.9 Å². The molecule has 0 aliphatic carbocycles. The molecule has 5 nitrogen and oxygen atoms in total. The van der Waals surface area contributed by atoms with Crippen molar-refractivity contribution < 1.29 is 9.47 Å². The second-order valence-corrected chi connectivity index (χ2v) is 5.34. The van der Waals surface area contributed by atoms with Gasteiger partial charge in [0.1, 0.15) is 0 Å². The van der Waals surface area contributed by atoms with Crippen molar-refractivity contribution in [2.24, 2.45) is 0 Å². The first-order chi connectivity index (χ1) is 8.85. The Morgan fingerprint density at radius 3 is 3.11 bits per heavy atom. The molecule has 0 amide bonds. The molecule has 1 N–H and O–H groups in total. The summed E-state index contributed by atoms with van der Waals surface area (Å²) < 4.78 is 10.7. The highest BCUT2D eigenvalue weighted by Gasteiger charge is 2.17. The summed E-state index contributed by atoms with van der Waals surface area (Å²) in [5.41, 5.74) is 1.05. The van der Waals surface area contributed by atoms with E-state index in [1.807, 2.05) is 7.05 Å². The smallest absolute Gasteiger partial charge is 0.185 e. The summed E-state index contributed by atoms with van der Waals surface area (Å²) in [5.74, 6) is 0. The van der Waals surface area contributed by atoms with Gasteiger partial charge in [-0.1, -0.05) is 0 Å². The first-order valence-corrected chi connectivity index (χ1v) is 7.11. The van der Waals surface area contributed by atoms with Crippen molar-refractivity contribution in [2.75, 3.05) is 45.4 Å². The summed E-state index contributed by atoms with van der Waals surface area (Å²) in [7, 11) is 3.66. The summed E-state index contributed by atoms with van der Waals surface area (Å²) in [4.78, 5) is 8.29. The van der Waals surface area contributed by atoms with Gasteiger partial charge in [0.25, 0.3) is 0 Å². The van der Waals surface area contributed by atoms with Crippen molar-refractivity contribution in [3.63, 3.8) is 0 Å². The molecule has 1 aliphatic rings. The van der Waals surface area contributed by atoms with Crippen LogP contribution in [0.25, 0.3) is 0 Å².